The average Bonchev–Trinajstić information content (AvgIpc) is 3.04. The number of rotatable bonds is 2. The summed E-state index contributed by atoms with van der Waals surface area (Å²) in [5.74, 6) is -0.0660. The Labute approximate surface area is 116 Å². The summed E-state index contributed by atoms with van der Waals surface area (Å²) in [6.07, 6.45) is 3.47. The molecule has 4 heteroatoms. The lowest BCUT2D eigenvalue weighted by molar-refractivity contribution is -0.129. The van der Waals surface area contributed by atoms with Crippen molar-refractivity contribution in [2.45, 2.75) is 13.8 Å². The van der Waals surface area contributed by atoms with Gasteiger partial charge < -0.3 is 9.72 Å². The molecule has 0 atom stereocenters. The van der Waals surface area contributed by atoms with E-state index in [-0.39, 0.29) is 0 Å². The minimum Gasteiger partial charge on any atom is -0.402 e. The molecule has 0 radical (unpaired) electrons. The van der Waals surface area contributed by atoms with Gasteiger partial charge in [-0.1, -0.05) is 6.07 Å². The van der Waals surface area contributed by atoms with Gasteiger partial charge in [0.1, 0.15) is 0 Å². The number of aromatic amines is 1. The van der Waals surface area contributed by atoms with Crippen molar-refractivity contribution in [2.75, 3.05) is 0 Å². The second kappa shape index (κ2) is 4.81. The number of cyclic esters (lactones) is 1. The van der Waals surface area contributed by atoms with E-state index in [4.69, 9.17) is 4.74 Å². The Balaban J connectivity index is 1.96. The number of carbonyl (C=O) groups is 1. The van der Waals surface area contributed by atoms with Crippen molar-refractivity contribution in [3.63, 3.8) is 0 Å². The summed E-state index contributed by atoms with van der Waals surface area (Å²) in [6, 6.07) is 9.60. The van der Waals surface area contributed by atoms with Gasteiger partial charge in [-0.25, -0.2) is 9.79 Å². The van der Waals surface area contributed by atoms with Gasteiger partial charge >= 0.3 is 5.97 Å². The number of carbonyl (C=O) groups excluding carboxylic acids is 1. The van der Waals surface area contributed by atoms with Gasteiger partial charge in [0.05, 0.1) is 0 Å². The Morgan fingerprint density at radius 1 is 1.20 bits per heavy atom. The molecular weight excluding hydrogens is 252 g/mol. The molecule has 0 spiro atoms. The third kappa shape index (κ3) is 2.28. The molecule has 0 amide bonds. The summed E-state index contributed by atoms with van der Waals surface area (Å²) in [6.45, 7) is 4.06. The van der Waals surface area contributed by atoms with Crippen molar-refractivity contribution in [3.8, 4) is 0 Å². The lowest BCUT2D eigenvalue weighted by atomic mass is 10.1. The molecule has 4 nitrogen and oxygen atoms in total. The molecule has 20 heavy (non-hydrogen) atoms. The number of aromatic nitrogens is 1. The summed E-state index contributed by atoms with van der Waals surface area (Å²) in [5, 5.41) is 0. The highest BCUT2D eigenvalue weighted by Crippen LogP contribution is 2.20. The summed E-state index contributed by atoms with van der Waals surface area (Å²) >= 11 is 0. The molecule has 3 rings (SSSR count). The van der Waals surface area contributed by atoms with Crippen molar-refractivity contribution in [3.05, 3.63) is 64.6 Å². The number of nitrogens with one attached hydrogen (secondary N) is 1. The van der Waals surface area contributed by atoms with Gasteiger partial charge in [-0.05, 0) is 55.3 Å². The highest BCUT2D eigenvalue weighted by atomic mass is 16.6. The lowest BCUT2D eigenvalue weighted by Crippen LogP contribution is -2.05. The van der Waals surface area contributed by atoms with Crippen LogP contribution in [-0.4, -0.2) is 16.9 Å². The number of ether oxygens (including phenoxy) is 1. The molecule has 1 aromatic carbocycles. The van der Waals surface area contributed by atoms with E-state index in [1.165, 1.54) is 5.56 Å². The first-order valence-corrected chi connectivity index (χ1v) is 6.37. The first-order valence-electron chi connectivity index (χ1n) is 6.37. The van der Waals surface area contributed by atoms with Gasteiger partial charge in [0.2, 0.25) is 5.90 Å². The van der Waals surface area contributed by atoms with Crippen LogP contribution in [0.15, 0.2) is 47.2 Å². The first kappa shape index (κ1) is 12.4. The lowest BCUT2D eigenvalue weighted by Gasteiger charge is -2.03. The molecule has 0 fully saturated rings. The van der Waals surface area contributed by atoms with E-state index in [0.29, 0.717) is 11.6 Å². The van der Waals surface area contributed by atoms with Crippen LogP contribution < -0.4 is 0 Å². The van der Waals surface area contributed by atoms with E-state index in [1.807, 2.05) is 44.2 Å². The zero-order valence-corrected chi connectivity index (χ0v) is 11.3. The molecule has 1 N–H and O–H groups in total. The fourth-order valence-corrected chi connectivity index (χ4v) is 1.99. The van der Waals surface area contributed by atoms with E-state index < -0.39 is 5.97 Å². The number of aliphatic imine (C=N–C) groups is 1. The van der Waals surface area contributed by atoms with Gasteiger partial charge in [0.25, 0.3) is 0 Å². The van der Waals surface area contributed by atoms with E-state index in [9.17, 15) is 4.79 Å². The third-order valence-corrected chi connectivity index (χ3v) is 3.29. The van der Waals surface area contributed by atoms with Gasteiger partial charge in [-0.15, -0.1) is 0 Å². The first-order chi connectivity index (χ1) is 9.63. The summed E-state index contributed by atoms with van der Waals surface area (Å²) in [4.78, 5) is 19.1. The number of aryl methyl sites for hydroxylation is 2. The quantitative estimate of drug-likeness (QED) is 0.671. The van der Waals surface area contributed by atoms with Crippen LogP contribution in [0.5, 0.6) is 0 Å². The fourth-order valence-electron chi connectivity index (χ4n) is 1.99. The molecule has 1 aliphatic heterocycles. The van der Waals surface area contributed by atoms with Gasteiger partial charge in [0, 0.05) is 17.5 Å². The van der Waals surface area contributed by atoms with Crippen molar-refractivity contribution in [2.24, 2.45) is 4.99 Å². The van der Waals surface area contributed by atoms with Crippen LogP contribution in [0.3, 0.4) is 0 Å². The second-order valence-corrected chi connectivity index (χ2v) is 4.76. The van der Waals surface area contributed by atoms with E-state index >= 15 is 0 Å². The van der Waals surface area contributed by atoms with Gasteiger partial charge in [0.15, 0.2) is 5.70 Å². The van der Waals surface area contributed by atoms with Crippen LogP contribution in [0.1, 0.15) is 22.4 Å². The molecule has 0 bridgehead atoms. The zero-order valence-electron chi connectivity index (χ0n) is 11.3. The van der Waals surface area contributed by atoms with E-state index in [2.05, 4.69) is 9.98 Å². The zero-order chi connectivity index (χ0) is 14.1. The summed E-state index contributed by atoms with van der Waals surface area (Å²) in [7, 11) is 0. The second-order valence-electron chi connectivity index (χ2n) is 4.76. The van der Waals surface area contributed by atoms with Crippen molar-refractivity contribution in [1.29, 1.82) is 0 Å². The Hall–Kier alpha value is -2.62. The number of esters is 1. The van der Waals surface area contributed by atoms with Crippen molar-refractivity contribution >= 4 is 17.9 Å². The van der Waals surface area contributed by atoms with E-state index in [0.717, 1.165) is 16.8 Å². The standard InChI is InChI=1S/C16H14N2O2/c1-10-5-6-12(8-11(10)2)15-18-14(16(19)20-15)9-13-4-3-7-17-13/h3-9,17H,1-2H3. The van der Waals surface area contributed by atoms with Crippen LogP contribution in [0.25, 0.3) is 6.08 Å². The van der Waals surface area contributed by atoms with Crippen molar-refractivity contribution in [1.82, 2.24) is 4.98 Å². The highest BCUT2D eigenvalue weighted by molar-refractivity contribution is 6.12. The average molecular weight is 266 g/mol. The third-order valence-electron chi connectivity index (χ3n) is 3.29. The SMILES string of the molecule is Cc1ccc(C2=NC(=Cc3ccc[nH]3)C(=O)O2)cc1C. The molecule has 1 aromatic heterocycles. The number of hydrogen-bond acceptors (Lipinski definition) is 3. The Kier molecular flexibility index (Phi) is 2.99. The maximum atomic E-state index is 11.8. The monoisotopic (exact) mass is 266 g/mol. The number of nitrogens with zero attached hydrogens (tertiary/aromatic N) is 1. The van der Waals surface area contributed by atoms with E-state index in [1.54, 1.807) is 12.3 Å². The Morgan fingerprint density at radius 2 is 2.05 bits per heavy atom. The Bertz CT molecular complexity index is 725. The van der Waals surface area contributed by atoms with Gasteiger partial charge in [-0.2, -0.15) is 0 Å². The summed E-state index contributed by atoms with van der Waals surface area (Å²) in [5.41, 5.74) is 4.28. The van der Waals surface area contributed by atoms with Crippen LogP contribution in [0.4, 0.5) is 0 Å². The van der Waals surface area contributed by atoms with Gasteiger partial charge in [-0.3, -0.25) is 0 Å². The van der Waals surface area contributed by atoms with Crippen LogP contribution in [0, 0.1) is 13.8 Å². The maximum Gasteiger partial charge on any atom is 0.363 e. The molecule has 0 saturated carbocycles. The number of benzene rings is 1. The smallest absolute Gasteiger partial charge is 0.363 e. The number of hydrogen-bond donors (Lipinski definition) is 1. The normalized spacial score (nSPS) is 16.4. The fraction of sp³-hybridized carbons (Fsp3) is 0.125. The molecule has 1 aliphatic rings. The molecule has 0 saturated heterocycles. The molecule has 0 unspecified atom stereocenters. The van der Waals surface area contributed by atoms with Crippen molar-refractivity contribution < 1.29 is 9.53 Å². The predicted molar refractivity (Wildman–Crippen MR) is 77.3 cm³/mol. The molecule has 2 heterocycles. The minimum absolute atomic E-state index is 0.306. The van der Waals surface area contributed by atoms with Crippen LogP contribution >= 0.6 is 0 Å². The Morgan fingerprint density at radius 3 is 2.75 bits per heavy atom. The van der Waals surface area contributed by atoms with Crippen LogP contribution in [-0.2, 0) is 9.53 Å². The topological polar surface area (TPSA) is 54.5 Å². The summed E-state index contributed by atoms with van der Waals surface area (Å²) < 4.78 is 5.23. The van der Waals surface area contributed by atoms with Crippen LogP contribution in [0.2, 0.25) is 0 Å². The molecular formula is C16H14N2O2. The number of H-pyrrole nitrogens is 1. The largest absolute Gasteiger partial charge is 0.402 e. The highest BCUT2D eigenvalue weighted by Gasteiger charge is 2.24. The predicted octanol–water partition coefficient (Wildman–Crippen LogP) is 2.98. The molecule has 2 aromatic rings. The minimum atomic E-state index is -0.423. The molecule has 0 aliphatic carbocycles. The maximum absolute atomic E-state index is 11.8. The molecule has 100 valence electrons.